The second kappa shape index (κ2) is 9.52. The van der Waals surface area contributed by atoms with Crippen molar-refractivity contribution in [2.45, 2.75) is 90.1 Å². The van der Waals surface area contributed by atoms with Crippen LogP contribution in [0.5, 0.6) is 0 Å². The fraction of sp³-hybridized carbons (Fsp3) is 1.00. The zero-order valence-corrected chi connectivity index (χ0v) is 16.9. The molecular weight excluding hydrogens is 304 g/mol. The molecule has 0 unspecified atom stereocenters. The van der Waals surface area contributed by atoms with Gasteiger partial charge in [-0.15, -0.1) is 0 Å². The highest BCUT2D eigenvalue weighted by atomic mass is 28.4. The van der Waals surface area contributed by atoms with E-state index in [1.807, 2.05) is 14.2 Å². The first-order valence-electron chi connectivity index (χ1n) is 9.87. The van der Waals surface area contributed by atoms with Crippen molar-refractivity contribution < 1.29 is 8.85 Å². The second-order valence-corrected chi connectivity index (χ2v) is 10.3. The van der Waals surface area contributed by atoms with Gasteiger partial charge in [-0.1, -0.05) is 39.5 Å². The van der Waals surface area contributed by atoms with Crippen LogP contribution in [0.25, 0.3) is 0 Å². The first-order valence-corrected chi connectivity index (χ1v) is 11.6. The van der Waals surface area contributed by atoms with Crippen LogP contribution >= 0.6 is 0 Å². The van der Waals surface area contributed by atoms with E-state index >= 15 is 0 Å². The van der Waals surface area contributed by atoms with Crippen molar-refractivity contribution in [1.82, 2.24) is 9.13 Å². The van der Waals surface area contributed by atoms with Crippen LogP contribution in [0.2, 0.25) is 0 Å². The highest BCUT2D eigenvalue weighted by Gasteiger charge is 2.54. The fourth-order valence-electron chi connectivity index (χ4n) is 4.74. The van der Waals surface area contributed by atoms with Gasteiger partial charge in [0.1, 0.15) is 0 Å². The maximum absolute atomic E-state index is 6.31. The minimum atomic E-state index is -2.51. The normalized spacial score (nSPS) is 21.1. The largest absolute Gasteiger partial charge is 0.522 e. The molecule has 0 heterocycles. The highest BCUT2D eigenvalue weighted by Crippen LogP contribution is 2.34. The van der Waals surface area contributed by atoms with E-state index in [-0.39, 0.29) is 0 Å². The number of hydrogen-bond donors (Lipinski definition) is 0. The molecule has 0 spiro atoms. The average Bonchev–Trinajstić information content (AvgIpc) is 3.27. The monoisotopic (exact) mass is 342 g/mol. The van der Waals surface area contributed by atoms with Gasteiger partial charge in [0.15, 0.2) is 0 Å². The molecule has 0 atom stereocenters. The van der Waals surface area contributed by atoms with Crippen molar-refractivity contribution >= 4 is 8.88 Å². The van der Waals surface area contributed by atoms with Crippen LogP contribution in [0, 0.1) is 0 Å². The Hall–Kier alpha value is 0.0569. The Balaban J connectivity index is 2.30. The van der Waals surface area contributed by atoms with Crippen LogP contribution in [0.3, 0.4) is 0 Å². The lowest BCUT2D eigenvalue weighted by Gasteiger charge is -2.49. The molecule has 2 aliphatic rings. The minimum absolute atomic E-state index is 0.655. The summed E-state index contributed by atoms with van der Waals surface area (Å²) >= 11 is 0. The molecule has 0 aromatic rings. The lowest BCUT2D eigenvalue weighted by Crippen LogP contribution is -2.73. The predicted molar refractivity (Wildman–Crippen MR) is 98.3 cm³/mol. The standard InChI is InChI=1S/C18H38N2O2Si/c1-5-15-19(17-11-7-8-12-17)23(21-3,22-4)20(16-6-2)18-13-9-10-14-18/h17-18H,5-16H2,1-4H3. The Morgan fingerprint density at radius 1 is 0.739 bits per heavy atom. The quantitative estimate of drug-likeness (QED) is 0.560. The molecule has 0 aromatic heterocycles. The lowest BCUT2D eigenvalue weighted by atomic mass is 10.2. The fourth-order valence-corrected chi connectivity index (χ4v) is 8.63. The molecule has 0 amide bonds. The minimum Gasteiger partial charge on any atom is -0.374 e. The van der Waals surface area contributed by atoms with Gasteiger partial charge in [0.25, 0.3) is 0 Å². The van der Waals surface area contributed by atoms with E-state index in [1.54, 1.807) is 0 Å². The van der Waals surface area contributed by atoms with Crippen molar-refractivity contribution in [3.05, 3.63) is 0 Å². The summed E-state index contributed by atoms with van der Waals surface area (Å²) in [5, 5.41) is 0. The van der Waals surface area contributed by atoms with Gasteiger partial charge in [-0.25, -0.2) is 0 Å². The molecule has 0 saturated heterocycles. The Labute approximate surface area is 144 Å². The summed E-state index contributed by atoms with van der Waals surface area (Å²) in [4.78, 5) is 0. The maximum atomic E-state index is 6.31. The molecule has 0 radical (unpaired) electrons. The third-order valence-corrected chi connectivity index (χ3v) is 9.41. The third-order valence-electron chi connectivity index (χ3n) is 5.72. The summed E-state index contributed by atoms with van der Waals surface area (Å²) < 4.78 is 18.0. The number of hydrogen-bond acceptors (Lipinski definition) is 4. The van der Waals surface area contributed by atoms with Crippen LogP contribution in [0.1, 0.15) is 78.1 Å². The predicted octanol–water partition coefficient (Wildman–Crippen LogP) is 4.02. The molecule has 0 bridgehead atoms. The van der Waals surface area contributed by atoms with Crippen molar-refractivity contribution in [3.8, 4) is 0 Å². The molecule has 2 aliphatic carbocycles. The summed E-state index contributed by atoms with van der Waals surface area (Å²) in [5.74, 6) is 0. The van der Waals surface area contributed by atoms with Gasteiger partial charge >= 0.3 is 8.88 Å². The zero-order valence-electron chi connectivity index (χ0n) is 15.9. The molecule has 2 fully saturated rings. The van der Waals surface area contributed by atoms with Gasteiger partial charge in [0.05, 0.1) is 0 Å². The van der Waals surface area contributed by atoms with E-state index in [0.29, 0.717) is 12.1 Å². The Bertz CT molecular complexity index is 299. The SMILES string of the molecule is CCCN(C1CCCC1)[Si](OC)(OC)N(CCC)C1CCCC1. The molecule has 4 nitrogen and oxygen atoms in total. The molecule has 136 valence electrons. The average molecular weight is 343 g/mol. The van der Waals surface area contributed by atoms with Crippen molar-refractivity contribution in [2.24, 2.45) is 0 Å². The van der Waals surface area contributed by atoms with Crippen LogP contribution in [0.4, 0.5) is 0 Å². The van der Waals surface area contributed by atoms with E-state index in [1.165, 1.54) is 64.2 Å². The molecule has 23 heavy (non-hydrogen) atoms. The van der Waals surface area contributed by atoms with Crippen molar-refractivity contribution in [1.29, 1.82) is 0 Å². The molecule has 0 N–H and O–H groups in total. The van der Waals surface area contributed by atoms with Crippen LogP contribution < -0.4 is 0 Å². The van der Waals surface area contributed by atoms with E-state index < -0.39 is 8.88 Å². The van der Waals surface area contributed by atoms with Crippen molar-refractivity contribution in [2.75, 3.05) is 27.3 Å². The zero-order chi connectivity index (χ0) is 16.7. The summed E-state index contributed by atoms with van der Waals surface area (Å²) in [6.45, 7) is 6.77. The molecule has 2 rings (SSSR count). The van der Waals surface area contributed by atoms with E-state index in [0.717, 1.165) is 13.1 Å². The molecule has 0 aromatic carbocycles. The van der Waals surface area contributed by atoms with Crippen molar-refractivity contribution in [3.63, 3.8) is 0 Å². The van der Waals surface area contributed by atoms with Gasteiger partial charge in [0, 0.05) is 26.3 Å². The van der Waals surface area contributed by atoms with E-state index in [2.05, 4.69) is 23.0 Å². The van der Waals surface area contributed by atoms with E-state index in [4.69, 9.17) is 8.85 Å². The topological polar surface area (TPSA) is 24.9 Å². The van der Waals surface area contributed by atoms with E-state index in [9.17, 15) is 0 Å². The summed E-state index contributed by atoms with van der Waals surface area (Å²) in [6, 6.07) is 1.31. The van der Waals surface area contributed by atoms with Gasteiger partial charge in [0.2, 0.25) is 0 Å². The molecular formula is C18H38N2O2Si. The maximum Gasteiger partial charge on any atom is 0.522 e. The van der Waals surface area contributed by atoms with Crippen LogP contribution in [0.15, 0.2) is 0 Å². The first-order chi connectivity index (χ1) is 11.2. The summed E-state index contributed by atoms with van der Waals surface area (Å²) in [7, 11) is 1.28. The third kappa shape index (κ3) is 4.18. The van der Waals surface area contributed by atoms with Gasteiger partial charge < -0.3 is 8.85 Å². The molecule has 2 saturated carbocycles. The number of nitrogens with zero attached hydrogens (tertiary/aromatic N) is 2. The number of rotatable bonds is 10. The Morgan fingerprint density at radius 2 is 1.09 bits per heavy atom. The second-order valence-electron chi connectivity index (χ2n) is 7.22. The van der Waals surface area contributed by atoms with Gasteiger partial charge in [-0.2, -0.15) is 0 Å². The van der Waals surface area contributed by atoms with Crippen LogP contribution in [-0.4, -0.2) is 57.4 Å². The molecule has 0 aliphatic heterocycles. The Morgan fingerprint density at radius 3 is 1.35 bits per heavy atom. The summed E-state index contributed by atoms with van der Waals surface area (Å²) in [5.41, 5.74) is 0. The summed E-state index contributed by atoms with van der Waals surface area (Å²) in [6.07, 6.45) is 13.0. The first kappa shape index (κ1) is 19.4. The van der Waals surface area contributed by atoms with Gasteiger partial charge in [-0.3, -0.25) is 9.13 Å². The van der Waals surface area contributed by atoms with Gasteiger partial charge in [-0.05, 0) is 51.6 Å². The lowest BCUT2D eigenvalue weighted by molar-refractivity contribution is 0.0590. The molecule has 5 heteroatoms. The Kier molecular flexibility index (Phi) is 8.02. The smallest absolute Gasteiger partial charge is 0.374 e. The highest BCUT2D eigenvalue weighted by molar-refractivity contribution is 6.61. The van der Waals surface area contributed by atoms with Crippen LogP contribution in [-0.2, 0) is 8.85 Å².